The van der Waals surface area contributed by atoms with Gasteiger partial charge in [-0.15, -0.1) is 0 Å². The van der Waals surface area contributed by atoms with Gasteiger partial charge in [0.25, 0.3) is 0 Å². The summed E-state index contributed by atoms with van der Waals surface area (Å²) in [5.74, 6) is 1.31. The highest BCUT2D eigenvalue weighted by atomic mass is 19.1. The minimum atomic E-state index is -0.640. The molecule has 0 amide bonds. The highest BCUT2D eigenvalue weighted by Crippen LogP contribution is 2.41. The lowest BCUT2D eigenvalue weighted by atomic mass is 9.87. The molecule has 12 nitrogen and oxygen atoms in total. The third kappa shape index (κ3) is 9.19. The summed E-state index contributed by atoms with van der Waals surface area (Å²) in [7, 11) is 4.62. The van der Waals surface area contributed by atoms with E-state index >= 15 is 0 Å². The van der Waals surface area contributed by atoms with E-state index in [0.717, 1.165) is 64.5 Å². The predicted molar refractivity (Wildman–Crippen MR) is 232 cm³/mol. The molecule has 0 spiro atoms. The third-order valence-corrected chi connectivity index (χ3v) is 11.7. The van der Waals surface area contributed by atoms with Crippen LogP contribution in [0.2, 0.25) is 0 Å². The van der Waals surface area contributed by atoms with E-state index in [9.17, 15) is 24.5 Å². The van der Waals surface area contributed by atoms with Crippen molar-refractivity contribution in [1.82, 2.24) is 19.2 Å². The van der Waals surface area contributed by atoms with Gasteiger partial charge in [-0.25, -0.2) is 13.4 Å². The van der Waals surface area contributed by atoms with Crippen LogP contribution in [0.3, 0.4) is 0 Å². The minimum absolute atomic E-state index is 0.0256. The van der Waals surface area contributed by atoms with Crippen molar-refractivity contribution in [1.29, 1.82) is 10.5 Å². The number of nitriles is 2. The van der Waals surface area contributed by atoms with Crippen LogP contribution >= 0.6 is 0 Å². The van der Waals surface area contributed by atoms with Gasteiger partial charge in [-0.05, 0) is 124 Å². The summed E-state index contributed by atoms with van der Waals surface area (Å²) in [5, 5.41) is 27.7. The second-order valence-electron chi connectivity index (χ2n) is 17.2. The molecule has 0 radical (unpaired) electrons. The summed E-state index contributed by atoms with van der Waals surface area (Å²) in [6.45, 7) is 8.19. The summed E-state index contributed by atoms with van der Waals surface area (Å²) >= 11 is 0. The van der Waals surface area contributed by atoms with E-state index in [1.165, 1.54) is 13.2 Å². The van der Waals surface area contributed by atoms with Gasteiger partial charge in [-0.3, -0.25) is 9.59 Å². The topological polar surface area (TPSA) is 153 Å². The summed E-state index contributed by atoms with van der Waals surface area (Å²) in [5.41, 5.74) is 5.67. The molecule has 0 N–H and O–H groups in total. The molecular weight excluding hydrogens is 788 g/mol. The summed E-state index contributed by atoms with van der Waals surface area (Å²) < 4.78 is 40.5. The Bertz CT molecular complexity index is 2750. The number of Topliss-reactive ketones (excluding diaryl/α,β-unsaturated/α-hetero) is 2. The van der Waals surface area contributed by atoms with E-state index in [-0.39, 0.29) is 22.9 Å². The highest BCUT2D eigenvalue weighted by molar-refractivity contribution is 6.03. The molecule has 2 aromatic carbocycles. The third-order valence-electron chi connectivity index (χ3n) is 11.7. The van der Waals surface area contributed by atoms with Gasteiger partial charge in [-0.2, -0.15) is 20.7 Å². The number of rotatable bonds is 16. The number of nitrogens with zero attached hydrogens (tertiary/aromatic N) is 6. The van der Waals surface area contributed by atoms with E-state index in [1.807, 2.05) is 76.5 Å². The largest absolute Gasteiger partial charge is 0.496 e. The molecule has 8 rings (SSSR count). The van der Waals surface area contributed by atoms with Crippen molar-refractivity contribution in [3.8, 4) is 51.6 Å². The first-order valence-corrected chi connectivity index (χ1v) is 20.8. The Kier molecular flexibility index (Phi) is 12.5. The number of pyridine rings is 2. The standard InChI is InChI=1S/C26H29N3O4.C23H22FN3O2/c1-26(2,16-27)19-7-8-21-20(14-28-29(21)15-19)18-12-23(32-4)25(22(30)11-17-5-6-17)24(13-18)33-10-9-31-3;1-23(2,13-25)16-6-7-19-17(11-26-27(19)12-16)15-9-18(24)22(21(10-15)29-3)20(28)8-14-4-5-14/h7-8,12-15,17H,5-6,9-11H2,1-4H3;6-7,9-12,14H,4-5,8H2,1-3H3. The fraction of sp³-hybridized carbons (Fsp3) is 0.388. The van der Waals surface area contributed by atoms with Crippen LogP contribution in [0, 0.1) is 40.3 Å². The minimum Gasteiger partial charge on any atom is -0.496 e. The van der Waals surface area contributed by atoms with E-state index in [2.05, 4.69) is 22.3 Å². The Morgan fingerprint density at radius 3 is 1.60 bits per heavy atom. The SMILES string of the molecule is COCCOc1cc(-c2cnn3cc(C(C)(C)C#N)ccc23)cc(OC)c1C(=O)CC1CC1.COc1cc(-c2cnn3cc(C(C)(C)C#N)ccc23)cc(F)c1C(=O)CC1CC1. The number of fused-ring (bicyclic) bond motifs is 2. The average molecular weight is 839 g/mol. The van der Waals surface area contributed by atoms with Gasteiger partial charge in [-0.1, -0.05) is 12.1 Å². The first-order valence-electron chi connectivity index (χ1n) is 20.8. The number of benzene rings is 2. The molecule has 0 bridgehead atoms. The van der Waals surface area contributed by atoms with Crippen LogP contribution in [-0.2, 0) is 15.6 Å². The Morgan fingerprint density at radius 1 is 0.694 bits per heavy atom. The normalized spacial score (nSPS) is 13.8. The molecule has 2 fully saturated rings. The number of ether oxygens (including phenoxy) is 4. The molecule has 6 aromatic rings. The summed E-state index contributed by atoms with van der Waals surface area (Å²) in [4.78, 5) is 25.6. The fourth-order valence-corrected chi connectivity index (χ4v) is 7.35. The monoisotopic (exact) mass is 838 g/mol. The van der Waals surface area contributed by atoms with Gasteiger partial charge < -0.3 is 18.9 Å². The van der Waals surface area contributed by atoms with Crippen LogP contribution in [0.4, 0.5) is 4.39 Å². The Balaban J connectivity index is 0.000000188. The molecule has 0 saturated heterocycles. The number of carbonyl (C=O) groups is 2. The highest BCUT2D eigenvalue weighted by Gasteiger charge is 2.31. The molecule has 2 aliphatic carbocycles. The van der Waals surface area contributed by atoms with E-state index in [0.29, 0.717) is 60.5 Å². The molecule has 4 aromatic heterocycles. The molecule has 2 aliphatic rings. The van der Waals surface area contributed by atoms with E-state index in [1.54, 1.807) is 41.7 Å². The van der Waals surface area contributed by atoms with Crippen LogP contribution < -0.4 is 14.2 Å². The summed E-state index contributed by atoms with van der Waals surface area (Å²) in [6.07, 6.45) is 12.2. The second kappa shape index (κ2) is 17.8. The first-order chi connectivity index (χ1) is 29.7. The quantitative estimate of drug-likeness (QED) is 0.0680. The van der Waals surface area contributed by atoms with Crippen LogP contribution in [-0.4, -0.2) is 65.3 Å². The van der Waals surface area contributed by atoms with E-state index in [4.69, 9.17) is 18.9 Å². The molecule has 2 saturated carbocycles. The molecule has 0 unspecified atom stereocenters. The smallest absolute Gasteiger partial charge is 0.170 e. The Morgan fingerprint density at radius 2 is 1.15 bits per heavy atom. The number of aromatic nitrogens is 4. The van der Waals surface area contributed by atoms with Gasteiger partial charge in [0, 0.05) is 43.5 Å². The van der Waals surface area contributed by atoms with Gasteiger partial charge in [0.2, 0.25) is 0 Å². The molecule has 0 atom stereocenters. The first kappa shape index (κ1) is 43.5. The van der Waals surface area contributed by atoms with Crippen LogP contribution in [0.1, 0.15) is 98.1 Å². The Hall–Kier alpha value is -6.57. The zero-order valence-corrected chi connectivity index (χ0v) is 36.3. The van der Waals surface area contributed by atoms with Crippen molar-refractivity contribution in [2.45, 2.75) is 77.0 Å². The zero-order valence-electron chi connectivity index (χ0n) is 36.3. The van der Waals surface area contributed by atoms with Crippen molar-refractivity contribution < 1.29 is 32.9 Å². The lowest BCUT2D eigenvalue weighted by Crippen LogP contribution is -2.14. The maximum Gasteiger partial charge on any atom is 0.170 e. The second-order valence-corrected chi connectivity index (χ2v) is 17.2. The number of ketones is 2. The van der Waals surface area contributed by atoms with Crippen molar-refractivity contribution in [3.05, 3.63) is 101 Å². The molecule has 4 heterocycles. The number of halogens is 1. The van der Waals surface area contributed by atoms with Crippen LogP contribution in [0.25, 0.3) is 33.3 Å². The van der Waals surface area contributed by atoms with Crippen LogP contribution in [0.15, 0.2) is 73.3 Å². The van der Waals surface area contributed by atoms with E-state index < -0.39 is 16.6 Å². The molecule has 62 heavy (non-hydrogen) atoms. The maximum atomic E-state index is 14.9. The fourth-order valence-electron chi connectivity index (χ4n) is 7.35. The maximum absolute atomic E-state index is 14.9. The van der Waals surface area contributed by atoms with Gasteiger partial charge >= 0.3 is 0 Å². The van der Waals surface area contributed by atoms with Crippen molar-refractivity contribution >= 4 is 22.6 Å². The number of methoxy groups -OCH3 is 3. The summed E-state index contributed by atoms with van der Waals surface area (Å²) in [6, 6.07) is 19.1. The molecule has 13 heteroatoms. The van der Waals surface area contributed by atoms with Gasteiger partial charge in [0.15, 0.2) is 11.6 Å². The number of carbonyl (C=O) groups excluding carboxylic acids is 2. The van der Waals surface area contributed by atoms with Gasteiger partial charge in [0.05, 0.1) is 72.8 Å². The molecule has 320 valence electrons. The van der Waals surface area contributed by atoms with Crippen LogP contribution in [0.5, 0.6) is 17.2 Å². The lowest BCUT2D eigenvalue weighted by Gasteiger charge is -2.17. The predicted octanol–water partition coefficient (Wildman–Crippen LogP) is 9.75. The lowest BCUT2D eigenvalue weighted by molar-refractivity contribution is 0.0958. The van der Waals surface area contributed by atoms with Crippen molar-refractivity contribution in [3.63, 3.8) is 0 Å². The Labute approximate surface area is 360 Å². The average Bonchev–Trinajstić information content (AvgIpc) is 4.19. The van der Waals surface area contributed by atoms with Crippen molar-refractivity contribution in [2.75, 3.05) is 34.5 Å². The zero-order chi connectivity index (χ0) is 44.3. The van der Waals surface area contributed by atoms with Gasteiger partial charge in [0.1, 0.15) is 35.2 Å². The van der Waals surface area contributed by atoms with Crippen molar-refractivity contribution in [2.24, 2.45) is 11.8 Å². The number of hydrogen-bond acceptors (Lipinski definition) is 10. The molecular formula is C49H51FN6O6. The molecule has 0 aliphatic heterocycles. The number of hydrogen-bond donors (Lipinski definition) is 0.